The van der Waals surface area contributed by atoms with Crippen molar-refractivity contribution in [1.29, 1.82) is 0 Å². The fourth-order valence-electron chi connectivity index (χ4n) is 4.64. The Balaban J connectivity index is 0.000000405. The summed E-state index contributed by atoms with van der Waals surface area (Å²) in [5.74, 6) is -1.08. The second kappa shape index (κ2) is 11.1. The van der Waals surface area contributed by atoms with E-state index in [1.54, 1.807) is 0 Å². The summed E-state index contributed by atoms with van der Waals surface area (Å²) in [5.41, 5.74) is 2.82. The van der Waals surface area contributed by atoms with Crippen molar-refractivity contribution >= 4 is 17.8 Å². The van der Waals surface area contributed by atoms with Crippen LogP contribution in [0.5, 0.6) is 0 Å². The zero-order valence-corrected chi connectivity index (χ0v) is 21.1. The molecule has 1 unspecified atom stereocenters. The van der Waals surface area contributed by atoms with Crippen molar-refractivity contribution in [3.63, 3.8) is 0 Å². The molecule has 9 nitrogen and oxygen atoms in total. The van der Waals surface area contributed by atoms with E-state index in [1.807, 2.05) is 23.4 Å². The summed E-state index contributed by atoms with van der Waals surface area (Å²) < 4.78 is 33.9. The molecule has 1 amide bonds. The predicted octanol–water partition coefficient (Wildman–Crippen LogP) is 3.36. The molecule has 0 aromatic carbocycles. The van der Waals surface area contributed by atoms with Gasteiger partial charge in [0.1, 0.15) is 5.69 Å². The van der Waals surface area contributed by atoms with E-state index in [0.717, 1.165) is 61.9 Å². The highest BCUT2D eigenvalue weighted by molar-refractivity contribution is 5.94. The molecule has 1 atom stereocenters. The third-order valence-electron chi connectivity index (χ3n) is 7.05. The summed E-state index contributed by atoms with van der Waals surface area (Å²) in [6.45, 7) is 4.65. The molecule has 5 rings (SSSR count). The van der Waals surface area contributed by atoms with Crippen molar-refractivity contribution in [3.8, 4) is 11.1 Å². The molecule has 1 N–H and O–H groups in total. The number of rotatable bonds is 6. The van der Waals surface area contributed by atoms with Gasteiger partial charge in [0, 0.05) is 68.5 Å². The van der Waals surface area contributed by atoms with E-state index >= 15 is 0 Å². The van der Waals surface area contributed by atoms with Gasteiger partial charge in [-0.25, -0.2) is 14.8 Å². The zero-order valence-electron chi connectivity index (χ0n) is 21.1. The summed E-state index contributed by atoms with van der Waals surface area (Å²) in [4.78, 5) is 37.9. The number of halogens is 3. The number of amides is 1. The number of aromatic nitrogens is 3. The highest BCUT2D eigenvalue weighted by atomic mass is 19.4. The van der Waals surface area contributed by atoms with E-state index in [0.29, 0.717) is 12.0 Å². The van der Waals surface area contributed by atoms with Gasteiger partial charge >= 0.3 is 12.1 Å². The van der Waals surface area contributed by atoms with Gasteiger partial charge in [0.25, 0.3) is 5.91 Å². The predicted molar refractivity (Wildman–Crippen MR) is 131 cm³/mol. The minimum atomic E-state index is -5.08. The Labute approximate surface area is 213 Å². The number of likely N-dealkylation sites (tertiary alicyclic amines) is 1. The van der Waals surface area contributed by atoms with Gasteiger partial charge in [-0.3, -0.25) is 4.79 Å². The second-order valence-corrected chi connectivity index (χ2v) is 10.1. The fourth-order valence-corrected chi connectivity index (χ4v) is 4.64. The molecule has 2 saturated heterocycles. The van der Waals surface area contributed by atoms with Crippen LogP contribution in [0, 0.1) is 5.92 Å². The van der Waals surface area contributed by atoms with Crippen LogP contribution in [0.2, 0.25) is 0 Å². The van der Waals surface area contributed by atoms with Crippen LogP contribution in [-0.2, 0) is 11.3 Å². The van der Waals surface area contributed by atoms with Crippen molar-refractivity contribution in [2.24, 2.45) is 5.92 Å². The lowest BCUT2D eigenvalue weighted by atomic mass is 10.2. The van der Waals surface area contributed by atoms with Gasteiger partial charge in [-0.15, -0.1) is 0 Å². The molecule has 3 fully saturated rings. The first-order valence-corrected chi connectivity index (χ1v) is 12.6. The molecule has 2 aromatic rings. The van der Waals surface area contributed by atoms with Crippen LogP contribution in [-0.4, -0.2) is 93.8 Å². The number of carboxylic acid groups (broad SMARTS) is 1. The summed E-state index contributed by atoms with van der Waals surface area (Å²) in [7, 11) is 4.19. The normalized spacial score (nSPS) is 19.8. The van der Waals surface area contributed by atoms with Gasteiger partial charge in [-0.1, -0.05) is 0 Å². The number of carboxylic acids is 1. The molecule has 0 spiro atoms. The van der Waals surface area contributed by atoms with Crippen LogP contribution in [0.15, 0.2) is 24.7 Å². The minimum absolute atomic E-state index is 0.154. The summed E-state index contributed by atoms with van der Waals surface area (Å²) in [5, 5.41) is 7.12. The fraction of sp³-hybridized carbons (Fsp3) is 0.600. The molecule has 0 radical (unpaired) electrons. The second-order valence-electron chi connectivity index (χ2n) is 10.1. The van der Waals surface area contributed by atoms with Crippen molar-refractivity contribution in [2.45, 2.75) is 50.9 Å². The molecule has 1 saturated carbocycles. The molecule has 0 bridgehead atoms. The number of alkyl halides is 3. The van der Waals surface area contributed by atoms with E-state index < -0.39 is 12.1 Å². The third kappa shape index (κ3) is 6.79. The van der Waals surface area contributed by atoms with Crippen molar-refractivity contribution in [1.82, 2.24) is 24.3 Å². The average Bonchev–Trinajstić information content (AvgIpc) is 3.28. The summed E-state index contributed by atoms with van der Waals surface area (Å²) in [6, 6.07) is 2.49. The van der Waals surface area contributed by atoms with E-state index in [-0.39, 0.29) is 5.91 Å². The number of carbonyl (C=O) groups excluding carboxylic acids is 1. The van der Waals surface area contributed by atoms with Gasteiger partial charge in [0.2, 0.25) is 5.95 Å². The monoisotopic (exact) mass is 522 g/mol. The van der Waals surface area contributed by atoms with Gasteiger partial charge in [-0.05, 0) is 58.2 Å². The van der Waals surface area contributed by atoms with Gasteiger partial charge in [0.05, 0.1) is 0 Å². The highest BCUT2D eigenvalue weighted by Crippen LogP contribution is 2.33. The van der Waals surface area contributed by atoms with Gasteiger partial charge in [-0.2, -0.15) is 13.2 Å². The largest absolute Gasteiger partial charge is 0.490 e. The van der Waals surface area contributed by atoms with Crippen molar-refractivity contribution < 1.29 is 27.9 Å². The van der Waals surface area contributed by atoms with Gasteiger partial charge in [0.15, 0.2) is 0 Å². The van der Waals surface area contributed by atoms with Crippen LogP contribution in [0.1, 0.15) is 42.6 Å². The Hall–Kier alpha value is -3.15. The average molecular weight is 523 g/mol. The number of hydrogen-bond acceptors (Lipinski definition) is 6. The number of nitrogens with zero attached hydrogens (tertiary/aromatic N) is 6. The highest BCUT2D eigenvalue weighted by Gasteiger charge is 2.38. The molecule has 37 heavy (non-hydrogen) atoms. The third-order valence-corrected chi connectivity index (χ3v) is 7.05. The van der Waals surface area contributed by atoms with Gasteiger partial charge < -0.3 is 24.4 Å². The van der Waals surface area contributed by atoms with Crippen LogP contribution in [0.3, 0.4) is 0 Å². The SMILES string of the molecule is CN(C)C1CCN(C(=O)c2cc(-c3cnc(N4CCCC4)nc3)cn2CC2CC2)C1.O=C(O)C(F)(F)F. The zero-order chi connectivity index (χ0) is 26.7. The van der Waals surface area contributed by atoms with E-state index in [9.17, 15) is 18.0 Å². The minimum Gasteiger partial charge on any atom is -0.475 e. The van der Waals surface area contributed by atoms with Crippen LogP contribution in [0.25, 0.3) is 11.1 Å². The Morgan fingerprint density at radius 1 is 1.05 bits per heavy atom. The first-order chi connectivity index (χ1) is 17.5. The Bertz CT molecular complexity index is 1090. The Kier molecular flexibility index (Phi) is 8.05. The first-order valence-electron chi connectivity index (χ1n) is 12.6. The molecular formula is C25H33F3N6O3. The number of likely N-dealkylation sites (N-methyl/N-ethyl adjacent to an activating group) is 1. The first kappa shape index (κ1) is 26.9. The number of aliphatic carboxylic acids is 1. The number of hydrogen-bond donors (Lipinski definition) is 1. The molecule has 2 aromatic heterocycles. The molecular weight excluding hydrogens is 489 g/mol. The topological polar surface area (TPSA) is 94.8 Å². The molecule has 3 aliphatic rings. The maximum absolute atomic E-state index is 13.4. The van der Waals surface area contributed by atoms with E-state index in [4.69, 9.17) is 9.90 Å². The molecule has 1 aliphatic carbocycles. The molecule has 4 heterocycles. The number of carbonyl (C=O) groups is 2. The Morgan fingerprint density at radius 3 is 2.19 bits per heavy atom. The standard InChI is InChI=1S/C23H32N6O.C2HF3O2/c1-26(2)20-7-10-28(16-20)22(30)21-11-18(15-29(21)14-17-5-6-17)19-12-24-23(25-13-19)27-8-3-4-9-27;3-2(4,5)1(6)7/h11-13,15,17,20H,3-10,14,16H2,1-2H3;(H,6,7). The summed E-state index contributed by atoms with van der Waals surface area (Å²) in [6.07, 6.45) is 6.85. The molecule has 12 heteroatoms. The summed E-state index contributed by atoms with van der Waals surface area (Å²) >= 11 is 0. The maximum atomic E-state index is 13.4. The van der Waals surface area contributed by atoms with Crippen LogP contribution < -0.4 is 4.90 Å². The lowest BCUT2D eigenvalue weighted by Crippen LogP contribution is -2.35. The van der Waals surface area contributed by atoms with Crippen molar-refractivity contribution in [2.75, 3.05) is 45.2 Å². The Morgan fingerprint density at radius 2 is 1.68 bits per heavy atom. The number of anilines is 1. The quantitative estimate of drug-likeness (QED) is 0.622. The lowest BCUT2D eigenvalue weighted by Gasteiger charge is -2.21. The molecule has 2 aliphatic heterocycles. The van der Waals surface area contributed by atoms with E-state index in [2.05, 4.69) is 44.6 Å². The van der Waals surface area contributed by atoms with Crippen molar-refractivity contribution in [3.05, 3.63) is 30.4 Å². The van der Waals surface area contributed by atoms with Crippen LogP contribution >= 0.6 is 0 Å². The van der Waals surface area contributed by atoms with Crippen LogP contribution in [0.4, 0.5) is 19.1 Å². The smallest absolute Gasteiger partial charge is 0.475 e. The molecule has 202 valence electrons. The lowest BCUT2D eigenvalue weighted by molar-refractivity contribution is -0.192. The maximum Gasteiger partial charge on any atom is 0.490 e. The van der Waals surface area contributed by atoms with E-state index in [1.165, 1.54) is 25.7 Å².